The van der Waals surface area contributed by atoms with Gasteiger partial charge in [0.1, 0.15) is 6.54 Å². The molecule has 0 bridgehead atoms. The van der Waals surface area contributed by atoms with Gasteiger partial charge in [0.2, 0.25) is 0 Å². The van der Waals surface area contributed by atoms with E-state index in [1.807, 2.05) is 36.1 Å². The van der Waals surface area contributed by atoms with E-state index in [9.17, 15) is 4.79 Å². The first-order valence-corrected chi connectivity index (χ1v) is 6.17. The van der Waals surface area contributed by atoms with Gasteiger partial charge in [0, 0.05) is 12.2 Å². The van der Waals surface area contributed by atoms with Gasteiger partial charge in [0.05, 0.1) is 0 Å². The summed E-state index contributed by atoms with van der Waals surface area (Å²) in [6.07, 6.45) is 3.33. The number of rotatable bonds is 7. The molecule has 0 saturated heterocycles. The average Bonchev–Trinajstić information content (AvgIpc) is 2.28. The highest BCUT2D eigenvalue weighted by Crippen LogP contribution is 2.15. The van der Waals surface area contributed by atoms with E-state index in [1.165, 1.54) is 5.56 Å². The molecule has 0 spiro atoms. The van der Waals surface area contributed by atoms with Gasteiger partial charge < -0.3 is 10.0 Å². The zero-order chi connectivity index (χ0) is 12.7. The molecular weight excluding hydrogens is 214 g/mol. The van der Waals surface area contributed by atoms with Crippen molar-refractivity contribution in [3.63, 3.8) is 0 Å². The van der Waals surface area contributed by atoms with Crippen LogP contribution in [0.15, 0.2) is 24.3 Å². The number of anilines is 1. The zero-order valence-corrected chi connectivity index (χ0v) is 10.6. The minimum Gasteiger partial charge on any atom is -0.480 e. The summed E-state index contributed by atoms with van der Waals surface area (Å²) in [5, 5.41) is 8.91. The Morgan fingerprint density at radius 2 is 1.88 bits per heavy atom. The molecule has 1 aromatic rings. The number of aliphatic carboxylic acids is 1. The van der Waals surface area contributed by atoms with Gasteiger partial charge in [-0.15, -0.1) is 0 Å². The largest absolute Gasteiger partial charge is 0.480 e. The van der Waals surface area contributed by atoms with Gasteiger partial charge in [-0.2, -0.15) is 0 Å². The Kier molecular flexibility index (Phi) is 5.53. The molecular formula is C14H21NO2. The van der Waals surface area contributed by atoms with Crippen LogP contribution in [0.25, 0.3) is 0 Å². The Balaban J connectivity index is 2.67. The van der Waals surface area contributed by atoms with Crippen molar-refractivity contribution >= 4 is 11.7 Å². The molecule has 1 N–H and O–H groups in total. The number of nitrogens with zero attached hydrogens (tertiary/aromatic N) is 1. The molecule has 17 heavy (non-hydrogen) atoms. The Bertz CT molecular complexity index is 346. The first-order valence-electron chi connectivity index (χ1n) is 6.17. The second-order valence-electron chi connectivity index (χ2n) is 4.36. The number of hydrogen-bond acceptors (Lipinski definition) is 2. The van der Waals surface area contributed by atoms with Crippen LogP contribution in [0.1, 0.15) is 31.7 Å². The van der Waals surface area contributed by atoms with Crippen LogP contribution in [0.5, 0.6) is 0 Å². The molecule has 0 atom stereocenters. The highest BCUT2D eigenvalue weighted by molar-refractivity contribution is 5.73. The van der Waals surface area contributed by atoms with E-state index in [0.717, 1.165) is 31.5 Å². The Hall–Kier alpha value is -1.51. The fraction of sp³-hybridized carbons (Fsp3) is 0.500. The predicted octanol–water partition coefficient (Wildman–Crippen LogP) is 3.08. The molecule has 0 saturated carbocycles. The molecule has 0 aliphatic rings. The lowest BCUT2D eigenvalue weighted by Crippen LogP contribution is -2.30. The van der Waals surface area contributed by atoms with Gasteiger partial charge in [-0.3, -0.25) is 4.79 Å². The zero-order valence-electron chi connectivity index (χ0n) is 10.6. The first kappa shape index (κ1) is 13.6. The highest BCUT2D eigenvalue weighted by Gasteiger charge is 2.09. The average molecular weight is 235 g/mol. The van der Waals surface area contributed by atoms with E-state index < -0.39 is 5.97 Å². The van der Waals surface area contributed by atoms with Crippen LogP contribution < -0.4 is 4.90 Å². The molecule has 0 amide bonds. The van der Waals surface area contributed by atoms with Crippen molar-refractivity contribution in [3.05, 3.63) is 29.8 Å². The number of carboxylic acid groups (broad SMARTS) is 1. The minimum absolute atomic E-state index is 0.0762. The third-order valence-electron chi connectivity index (χ3n) is 2.76. The SMILES string of the molecule is CCCCCN(CC(=O)O)c1ccc(C)cc1. The topological polar surface area (TPSA) is 40.5 Å². The fourth-order valence-corrected chi connectivity index (χ4v) is 1.77. The smallest absolute Gasteiger partial charge is 0.323 e. The molecule has 0 aliphatic carbocycles. The standard InChI is InChI=1S/C14H21NO2/c1-3-4-5-10-15(11-14(16)17)13-8-6-12(2)7-9-13/h6-9H,3-5,10-11H2,1-2H3,(H,16,17). The third kappa shape index (κ3) is 4.89. The molecule has 0 aromatic heterocycles. The van der Waals surface area contributed by atoms with Crippen LogP contribution >= 0.6 is 0 Å². The first-order chi connectivity index (χ1) is 8.13. The maximum absolute atomic E-state index is 10.8. The normalized spacial score (nSPS) is 10.2. The number of carboxylic acids is 1. The molecule has 94 valence electrons. The Labute approximate surface area is 103 Å². The van der Waals surface area contributed by atoms with Crippen LogP contribution in [-0.2, 0) is 4.79 Å². The number of aryl methyl sites for hydroxylation is 1. The van der Waals surface area contributed by atoms with Crippen LogP contribution in [0.4, 0.5) is 5.69 Å². The summed E-state index contributed by atoms with van der Waals surface area (Å²) >= 11 is 0. The quantitative estimate of drug-likeness (QED) is 0.738. The van der Waals surface area contributed by atoms with Crippen LogP contribution in [0.2, 0.25) is 0 Å². The van der Waals surface area contributed by atoms with E-state index in [4.69, 9.17) is 5.11 Å². The molecule has 3 heteroatoms. The van der Waals surface area contributed by atoms with Gasteiger partial charge in [-0.05, 0) is 25.5 Å². The fourth-order valence-electron chi connectivity index (χ4n) is 1.77. The second kappa shape index (κ2) is 6.94. The van der Waals surface area contributed by atoms with Crippen molar-refractivity contribution in [1.82, 2.24) is 0 Å². The summed E-state index contributed by atoms with van der Waals surface area (Å²) in [5.74, 6) is -0.776. The second-order valence-corrected chi connectivity index (χ2v) is 4.36. The van der Waals surface area contributed by atoms with Crippen molar-refractivity contribution in [2.45, 2.75) is 33.1 Å². The Morgan fingerprint density at radius 3 is 2.41 bits per heavy atom. The molecule has 0 fully saturated rings. The van der Waals surface area contributed by atoms with Crippen molar-refractivity contribution < 1.29 is 9.90 Å². The molecule has 1 rings (SSSR count). The van der Waals surface area contributed by atoms with Crippen LogP contribution in [0.3, 0.4) is 0 Å². The monoisotopic (exact) mass is 235 g/mol. The summed E-state index contributed by atoms with van der Waals surface area (Å²) in [6.45, 7) is 5.06. The van der Waals surface area contributed by atoms with Crippen LogP contribution in [-0.4, -0.2) is 24.2 Å². The van der Waals surface area contributed by atoms with E-state index in [0.29, 0.717) is 0 Å². The number of hydrogen-bond donors (Lipinski definition) is 1. The van der Waals surface area contributed by atoms with E-state index in [-0.39, 0.29) is 6.54 Å². The summed E-state index contributed by atoms with van der Waals surface area (Å²) in [6, 6.07) is 8.02. The lowest BCUT2D eigenvalue weighted by molar-refractivity contribution is -0.135. The highest BCUT2D eigenvalue weighted by atomic mass is 16.4. The molecule has 1 aromatic carbocycles. The summed E-state index contributed by atoms with van der Waals surface area (Å²) in [4.78, 5) is 12.8. The van der Waals surface area contributed by atoms with Crippen molar-refractivity contribution in [3.8, 4) is 0 Å². The Morgan fingerprint density at radius 1 is 1.24 bits per heavy atom. The molecule has 0 unspecified atom stereocenters. The van der Waals surface area contributed by atoms with Crippen molar-refractivity contribution in [2.24, 2.45) is 0 Å². The van der Waals surface area contributed by atoms with Crippen LogP contribution in [0, 0.1) is 6.92 Å². The van der Waals surface area contributed by atoms with Gasteiger partial charge in [-0.1, -0.05) is 37.5 Å². The molecule has 0 aliphatic heterocycles. The van der Waals surface area contributed by atoms with Crippen molar-refractivity contribution in [2.75, 3.05) is 18.0 Å². The number of benzene rings is 1. The number of carbonyl (C=O) groups is 1. The summed E-state index contributed by atoms with van der Waals surface area (Å²) in [7, 11) is 0. The lowest BCUT2D eigenvalue weighted by Gasteiger charge is -2.22. The maximum atomic E-state index is 10.8. The van der Waals surface area contributed by atoms with Gasteiger partial charge >= 0.3 is 5.97 Å². The third-order valence-corrected chi connectivity index (χ3v) is 2.76. The summed E-state index contributed by atoms with van der Waals surface area (Å²) in [5.41, 5.74) is 2.19. The van der Waals surface area contributed by atoms with Gasteiger partial charge in [-0.25, -0.2) is 0 Å². The minimum atomic E-state index is -0.776. The van der Waals surface area contributed by atoms with Gasteiger partial charge in [0.25, 0.3) is 0 Å². The predicted molar refractivity (Wildman–Crippen MR) is 70.6 cm³/mol. The van der Waals surface area contributed by atoms with Gasteiger partial charge in [0.15, 0.2) is 0 Å². The lowest BCUT2D eigenvalue weighted by atomic mass is 10.2. The summed E-state index contributed by atoms with van der Waals surface area (Å²) < 4.78 is 0. The van der Waals surface area contributed by atoms with E-state index >= 15 is 0 Å². The van der Waals surface area contributed by atoms with Crippen molar-refractivity contribution in [1.29, 1.82) is 0 Å². The maximum Gasteiger partial charge on any atom is 0.323 e. The van der Waals surface area contributed by atoms with E-state index in [2.05, 4.69) is 6.92 Å². The number of unbranched alkanes of at least 4 members (excludes halogenated alkanes) is 2. The molecule has 0 heterocycles. The van der Waals surface area contributed by atoms with E-state index in [1.54, 1.807) is 0 Å². The molecule has 0 radical (unpaired) electrons. The molecule has 3 nitrogen and oxygen atoms in total.